The molecule has 0 saturated carbocycles. The SMILES string of the molecule is Cl.Cl.O=CNN1CC=CNC1=O. The van der Waals surface area contributed by atoms with Crippen molar-refractivity contribution in [1.82, 2.24) is 15.8 Å². The molecule has 0 atom stereocenters. The first kappa shape index (κ1) is 13.6. The van der Waals surface area contributed by atoms with Crippen LogP contribution in [0.4, 0.5) is 4.79 Å². The van der Waals surface area contributed by atoms with Crippen LogP contribution >= 0.6 is 24.8 Å². The number of carbonyl (C=O) groups excluding carboxylic acids is 2. The van der Waals surface area contributed by atoms with Gasteiger partial charge in [0, 0.05) is 6.20 Å². The molecule has 0 fully saturated rings. The van der Waals surface area contributed by atoms with Gasteiger partial charge in [-0.05, 0) is 6.08 Å². The molecule has 0 aromatic rings. The van der Waals surface area contributed by atoms with Crippen LogP contribution < -0.4 is 10.7 Å². The van der Waals surface area contributed by atoms with Crippen molar-refractivity contribution in [2.75, 3.05) is 6.54 Å². The van der Waals surface area contributed by atoms with Gasteiger partial charge in [0.2, 0.25) is 6.41 Å². The van der Waals surface area contributed by atoms with Gasteiger partial charge in [-0.2, -0.15) is 0 Å². The highest BCUT2D eigenvalue weighted by atomic mass is 35.5. The molecule has 0 aromatic heterocycles. The Morgan fingerprint density at radius 2 is 2.25 bits per heavy atom. The first-order chi connectivity index (χ1) is 4.84. The molecule has 7 heteroatoms. The summed E-state index contributed by atoms with van der Waals surface area (Å²) in [6.45, 7) is 0.407. The average molecular weight is 214 g/mol. The Kier molecular flexibility index (Phi) is 7.67. The Balaban J connectivity index is 0. The molecule has 0 bridgehead atoms. The number of amides is 3. The molecule has 1 rings (SSSR count). The van der Waals surface area contributed by atoms with Crippen LogP contribution in [0.15, 0.2) is 12.3 Å². The third-order valence-corrected chi connectivity index (χ3v) is 1.07. The van der Waals surface area contributed by atoms with E-state index in [2.05, 4.69) is 10.7 Å². The van der Waals surface area contributed by atoms with Crippen molar-refractivity contribution in [1.29, 1.82) is 0 Å². The van der Waals surface area contributed by atoms with E-state index in [0.717, 1.165) is 5.01 Å². The summed E-state index contributed by atoms with van der Waals surface area (Å²) in [4.78, 5) is 20.6. The van der Waals surface area contributed by atoms with Crippen LogP contribution in [0.1, 0.15) is 0 Å². The summed E-state index contributed by atoms with van der Waals surface area (Å²) in [5.74, 6) is 0. The maximum atomic E-state index is 10.7. The van der Waals surface area contributed by atoms with Crippen LogP contribution in [-0.4, -0.2) is 24.0 Å². The number of halogens is 2. The van der Waals surface area contributed by atoms with Crippen molar-refractivity contribution in [3.05, 3.63) is 12.3 Å². The lowest BCUT2D eigenvalue weighted by Crippen LogP contribution is -2.48. The zero-order chi connectivity index (χ0) is 7.40. The van der Waals surface area contributed by atoms with Gasteiger partial charge in [0.15, 0.2) is 0 Å². The molecule has 70 valence electrons. The molecule has 2 N–H and O–H groups in total. The number of nitrogens with zero attached hydrogens (tertiary/aromatic N) is 1. The lowest BCUT2D eigenvalue weighted by atomic mass is 10.5. The molecule has 1 aliphatic heterocycles. The number of nitrogens with one attached hydrogen (secondary N) is 2. The van der Waals surface area contributed by atoms with Gasteiger partial charge >= 0.3 is 6.03 Å². The van der Waals surface area contributed by atoms with Crippen molar-refractivity contribution in [3.8, 4) is 0 Å². The molecule has 0 aromatic carbocycles. The fraction of sp³-hybridized carbons (Fsp3) is 0.200. The van der Waals surface area contributed by atoms with E-state index in [-0.39, 0.29) is 30.8 Å². The van der Waals surface area contributed by atoms with Crippen molar-refractivity contribution in [2.24, 2.45) is 0 Å². The summed E-state index contributed by atoms with van der Waals surface area (Å²) in [5, 5.41) is 3.56. The lowest BCUT2D eigenvalue weighted by Gasteiger charge is -2.21. The van der Waals surface area contributed by atoms with Crippen molar-refractivity contribution in [2.45, 2.75) is 0 Å². The van der Waals surface area contributed by atoms with Crippen LogP contribution in [0, 0.1) is 0 Å². The second-order valence-electron chi connectivity index (χ2n) is 1.71. The van der Waals surface area contributed by atoms with Crippen LogP contribution in [0.3, 0.4) is 0 Å². The zero-order valence-corrected chi connectivity index (χ0v) is 7.65. The van der Waals surface area contributed by atoms with Gasteiger partial charge in [0.1, 0.15) is 0 Å². The largest absolute Gasteiger partial charge is 0.340 e. The van der Waals surface area contributed by atoms with E-state index in [1.54, 1.807) is 6.08 Å². The predicted molar refractivity (Wildman–Crippen MR) is 48.1 cm³/mol. The van der Waals surface area contributed by atoms with Crippen LogP contribution in [0.2, 0.25) is 0 Å². The van der Waals surface area contributed by atoms with E-state index < -0.39 is 0 Å². The van der Waals surface area contributed by atoms with Gasteiger partial charge in [0.25, 0.3) is 0 Å². The number of hydrogen-bond donors (Lipinski definition) is 2. The average Bonchev–Trinajstić information content (AvgIpc) is 1.94. The Labute approximate surface area is 82.0 Å². The molecule has 0 aliphatic carbocycles. The van der Waals surface area contributed by atoms with Gasteiger partial charge in [-0.15, -0.1) is 24.8 Å². The smallest absolute Gasteiger partial charge is 0.313 e. The predicted octanol–water partition coefficient (Wildman–Crippen LogP) is 0.0299. The van der Waals surface area contributed by atoms with E-state index in [1.807, 2.05) is 0 Å². The third-order valence-electron chi connectivity index (χ3n) is 1.07. The Hall–Kier alpha value is -0.940. The third kappa shape index (κ3) is 3.45. The monoisotopic (exact) mass is 213 g/mol. The van der Waals surface area contributed by atoms with Crippen molar-refractivity contribution >= 4 is 37.3 Å². The summed E-state index contributed by atoms with van der Waals surface area (Å²) in [6.07, 6.45) is 3.71. The lowest BCUT2D eigenvalue weighted by molar-refractivity contribution is -0.112. The van der Waals surface area contributed by atoms with E-state index in [1.165, 1.54) is 6.20 Å². The van der Waals surface area contributed by atoms with Gasteiger partial charge in [-0.1, -0.05) is 0 Å². The highest BCUT2D eigenvalue weighted by Crippen LogP contribution is 1.89. The first-order valence-electron chi connectivity index (χ1n) is 2.77. The number of hydrogen-bond acceptors (Lipinski definition) is 2. The molecule has 12 heavy (non-hydrogen) atoms. The van der Waals surface area contributed by atoms with Crippen LogP contribution in [0.25, 0.3) is 0 Å². The Morgan fingerprint density at radius 1 is 1.58 bits per heavy atom. The molecule has 3 amide bonds. The van der Waals surface area contributed by atoms with E-state index in [9.17, 15) is 9.59 Å². The van der Waals surface area contributed by atoms with Crippen LogP contribution in [0.5, 0.6) is 0 Å². The maximum absolute atomic E-state index is 10.7. The molecule has 5 nitrogen and oxygen atoms in total. The summed E-state index contributed by atoms with van der Waals surface area (Å²) < 4.78 is 0. The number of rotatable bonds is 2. The summed E-state index contributed by atoms with van der Waals surface area (Å²) in [5.41, 5.74) is 2.22. The van der Waals surface area contributed by atoms with E-state index >= 15 is 0 Å². The van der Waals surface area contributed by atoms with Crippen molar-refractivity contribution in [3.63, 3.8) is 0 Å². The summed E-state index contributed by atoms with van der Waals surface area (Å²) >= 11 is 0. The van der Waals surface area contributed by atoms with Gasteiger partial charge in [-0.25, -0.2) is 9.80 Å². The molecule has 0 unspecified atom stereocenters. The maximum Gasteiger partial charge on any atom is 0.340 e. The molecule has 0 spiro atoms. The minimum absolute atomic E-state index is 0. The molecular weight excluding hydrogens is 205 g/mol. The molecule has 0 saturated heterocycles. The van der Waals surface area contributed by atoms with Gasteiger partial charge in [-0.3, -0.25) is 10.2 Å². The first-order valence-corrected chi connectivity index (χ1v) is 2.77. The standard InChI is InChI=1S/C5H7N3O2.2ClH/c9-4-7-8-3-1-2-6-5(8)10;;/h1-2,4H,3H2,(H,6,10)(H,7,9);2*1H. The molecule has 1 aliphatic rings. The highest BCUT2D eigenvalue weighted by molar-refractivity contribution is 5.85. The minimum atomic E-state index is -0.324. The summed E-state index contributed by atoms with van der Waals surface area (Å²) in [7, 11) is 0. The van der Waals surface area contributed by atoms with Gasteiger partial charge in [0.05, 0.1) is 6.54 Å². The number of urea groups is 1. The van der Waals surface area contributed by atoms with Crippen molar-refractivity contribution < 1.29 is 9.59 Å². The second kappa shape index (κ2) is 6.75. The minimum Gasteiger partial charge on any atom is -0.313 e. The normalized spacial score (nSPS) is 13.7. The topological polar surface area (TPSA) is 61.4 Å². The van der Waals surface area contributed by atoms with E-state index in [0.29, 0.717) is 13.0 Å². The Morgan fingerprint density at radius 3 is 2.75 bits per heavy atom. The fourth-order valence-corrected chi connectivity index (χ4v) is 0.624. The second-order valence-corrected chi connectivity index (χ2v) is 1.71. The van der Waals surface area contributed by atoms with E-state index in [4.69, 9.17) is 0 Å². The number of carbonyl (C=O) groups is 2. The number of hydrazine groups is 1. The summed E-state index contributed by atoms with van der Waals surface area (Å²) in [6, 6.07) is -0.324. The zero-order valence-electron chi connectivity index (χ0n) is 6.02. The van der Waals surface area contributed by atoms with Gasteiger partial charge < -0.3 is 5.32 Å². The molecule has 0 radical (unpaired) electrons. The quantitative estimate of drug-likeness (QED) is 0.637. The van der Waals surface area contributed by atoms with Crippen LogP contribution in [-0.2, 0) is 4.79 Å². The molecular formula is C5H9Cl2N3O2. The molecule has 1 heterocycles. The highest BCUT2D eigenvalue weighted by Gasteiger charge is 2.11. The Bertz CT molecular complexity index is 186. The fourth-order valence-electron chi connectivity index (χ4n) is 0.624.